The molecule has 0 bridgehead atoms. The van der Waals surface area contributed by atoms with Gasteiger partial charge in [0.2, 0.25) is 0 Å². The molecule has 1 aromatic carbocycles. The van der Waals surface area contributed by atoms with Crippen molar-refractivity contribution in [1.82, 2.24) is 9.55 Å². The van der Waals surface area contributed by atoms with Crippen molar-refractivity contribution >= 4 is 11.0 Å². The van der Waals surface area contributed by atoms with Gasteiger partial charge in [-0.15, -0.1) is 0 Å². The molecule has 0 fully saturated rings. The maximum absolute atomic E-state index is 11.7. The van der Waals surface area contributed by atoms with E-state index in [9.17, 15) is 4.79 Å². The molecule has 0 saturated carbocycles. The highest BCUT2D eigenvalue weighted by Gasteiger charge is 2.10. The molecule has 0 saturated heterocycles. The lowest BCUT2D eigenvalue weighted by Crippen LogP contribution is -2.18. The summed E-state index contributed by atoms with van der Waals surface area (Å²) in [6.07, 6.45) is 0. The maximum Gasteiger partial charge on any atom is 0.326 e. The minimum absolute atomic E-state index is 0.0182. The van der Waals surface area contributed by atoms with Crippen LogP contribution in [0.3, 0.4) is 0 Å². The van der Waals surface area contributed by atoms with E-state index < -0.39 is 0 Å². The van der Waals surface area contributed by atoms with Crippen molar-refractivity contribution < 1.29 is 0 Å². The summed E-state index contributed by atoms with van der Waals surface area (Å²) in [6.45, 7) is 5.92. The van der Waals surface area contributed by atoms with Gasteiger partial charge < -0.3 is 10.7 Å². The lowest BCUT2D eigenvalue weighted by molar-refractivity contribution is 0.598. The predicted molar refractivity (Wildman–Crippen MR) is 65.5 cm³/mol. The summed E-state index contributed by atoms with van der Waals surface area (Å²) in [7, 11) is 0. The monoisotopic (exact) mass is 219 g/mol. The van der Waals surface area contributed by atoms with E-state index >= 15 is 0 Å². The van der Waals surface area contributed by atoms with E-state index in [2.05, 4.69) is 4.98 Å². The summed E-state index contributed by atoms with van der Waals surface area (Å²) in [4.78, 5) is 14.6. The second kappa shape index (κ2) is 3.79. The van der Waals surface area contributed by atoms with Crippen molar-refractivity contribution in [1.29, 1.82) is 0 Å². The van der Waals surface area contributed by atoms with E-state index in [-0.39, 0.29) is 17.8 Å². The summed E-state index contributed by atoms with van der Waals surface area (Å²) in [5, 5.41) is 0. The smallest absolute Gasteiger partial charge is 0.324 e. The van der Waals surface area contributed by atoms with Crippen LogP contribution in [0.15, 0.2) is 23.0 Å². The molecule has 1 heterocycles. The first-order chi connectivity index (χ1) is 7.50. The fourth-order valence-corrected chi connectivity index (χ4v) is 1.94. The number of aromatic nitrogens is 2. The molecular formula is C12H17N3O. The number of nitrogens with one attached hydrogen (secondary N) is 1. The molecule has 86 valence electrons. The fourth-order valence-electron chi connectivity index (χ4n) is 1.94. The van der Waals surface area contributed by atoms with E-state index in [1.165, 1.54) is 0 Å². The van der Waals surface area contributed by atoms with Crippen LogP contribution < -0.4 is 11.4 Å². The Bertz CT molecular complexity index is 563. The number of rotatable bonds is 2. The first-order valence-electron chi connectivity index (χ1n) is 5.50. The van der Waals surface area contributed by atoms with Gasteiger partial charge in [0, 0.05) is 12.1 Å². The number of aromatic amines is 1. The Morgan fingerprint density at radius 3 is 2.56 bits per heavy atom. The summed E-state index contributed by atoms with van der Waals surface area (Å²) in [6, 6.07) is 6.00. The number of hydrogen-bond donors (Lipinski definition) is 2. The summed E-state index contributed by atoms with van der Waals surface area (Å²) < 4.78 is 1.75. The van der Waals surface area contributed by atoms with Crippen LogP contribution in [-0.2, 0) is 0 Å². The van der Waals surface area contributed by atoms with Gasteiger partial charge in [0.15, 0.2) is 0 Å². The molecule has 2 rings (SSSR count). The third-order valence-electron chi connectivity index (χ3n) is 2.78. The molecule has 4 heteroatoms. The van der Waals surface area contributed by atoms with E-state index in [0.717, 1.165) is 16.6 Å². The summed E-state index contributed by atoms with van der Waals surface area (Å²) in [5.74, 6) is 0. The molecule has 0 amide bonds. The minimum atomic E-state index is -0.0631. The largest absolute Gasteiger partial charge is 0.326 e. The van der Waals surface area contributed by atoms with Gasteiger partial charge in [0.25, 0.3) is 0 Å². The van der Waals surface area contributed by atoms with Gasteiger partial charge in [-0.1, -0.05) is 6.07 Å². The molecule has 0 aliphatic rings. The van der Waals surface area contributed by atoms with Crippen molar-refractivity contribution in [3.63, 3.8) is 0 Å². The van der Waals surface area contributed by atoms with Crippen molar-refractivity contribution in [2.24, 2.45) is 5.73 Å². The molecule has 0 aliphatic heterocycles. The Labute approximate surface area is 94.1 Å². The Balaban J connectivity index is 2.70. The number of nitrogens with two attached hydrogens (primary N) is 1. The molecular weight excluding hydrogens is 202 g/mol. The number of fused-ring (bicyclic) bond motifs is 1. The Hall–Kier alpha value is -1.55. The fraction of sp³-hybridized carbons (Fsp3) is 0.417. The standard InChI is InChI=1S/C12H17N3O/c1-7(2)15-11-5-4-9(8(3)13)6-10(11)14-12(15)16/h4-8H,13H2,1-3H3,(H,14,16). The SMILES string of the molecule is CC(N)c1ccc2c(c1)[nH]c(=O)n2C(C)C. The lowest BCUT2D eigenvalue weighted by atomic mass is 10.1. The second-order valence-corrected chi connectivity index (χ2v) is 4.46. The highest BCUT2D eigenvalue weighted by Crippen LogP contribution is 2.18. The van der Waals surface area contributed by atoms with Gasteiger partial charge in [0.05, 0.1) is 11.0 Å². The molecule has 0 spiro atoms. The number of imidazole rings is 1. The van der Waals surface area contributed by atoms with Gasteiger partial charge >= 0.3 is 5.69 Å². The minimum Gasteiger partial charge on any atom is -0.324 e. The van der Waals surface area contributed by atoms with Crippen LogP contribution in [0.25, 0.3) is 11.0 Å². The molecule has 2 aromatic rings. The first-order valence-corrected chi connectivity index (χ1v) is 5.50. The molecule has 4 nitrogen and oxygen atoms in total. The summed E-state index contributed by atoms with van der Waals surface area (Å²) >= 11 is 0. The average Bonchev–Trinajstić information content (AvgIpc) is 2.51. The Morgan fingerprint density at radius 1 is 1.31 bits per heavy atom. The number of nitrogens with zero attached hydrogens (tertiary/aromatic N) is 1. The molecule has 0 aliphatic carbocycles. The van der Waals surface area contributed by atoms with Crippen LogP contribution in [0.1, 0.15) is 38.4 Å². The van der Waals surface area contributed by atoms with E-state index in [1.54, 1.807) is 4.57 Å². The van der Waals surface area contributed by atoms with Crippen LogP contribution >= 0.6 is 0 Å². The van der Waals surface area contributed by atoms with Crippen LogP contribution in [0.5, 0.6) is 0 Å². The van der Waals surface area contributed by atoms with E-state index in [0.29, 0.717) is 0 Å². The molecule has 1 aromatic heterocycles. The van der Waals surface area contributed by atoms with Crippen LogP contribution in [0, 0.1) is 0 Å². The molecule has 3 N–H and O–H groups in total. The topological polar surface area (TPSA) is 63.8 Å². The summed E-state index contributed by atoms with van der Waals surface area (Å²) in [5.41, 5.74) is 8.57. The maximum atomic E-state index is 11.7. The Kier molecular flexibility index (Phi) is 2.59. The quantitative estimate of drug-likeness (QED) is 0.810. The van der Waals surface area contributed by atoms with Crippen LogP contribution in [0.2, 0.25) is 0 Å². The normalized spacial score (nSPS) is 13.6. The third-order valence-corrected chi connectivity index (χ3v) is 2.78. The average molecular weight is 219 g/mol. The van der Waals surface area contributed by atoms with Gasteiger partial charge in [-0.3, -0.25) is 4.57 Å². The lowest BCUT2D eigenvalue weighted by Gasteiger charge is -2.08. The van der Waals surface area contributed by atoms with E-state index in [4.69, 9.17) is 5.73 Å². The zero-order valence-electron chi connectivity index (χ0n) is 9.82. The molecule has 0 radical (unpaired) electrons. The highest BCUT2D eigenvalue weighted by atomic mass is 16.1. The van der Waals surface area contributed by atoms with Gasteiger partial charge in [-0.05, 0) is 38.5 Å². The Morgan fingerprint density at radius 2 is 2.00 bits per heavy atom. The zero-order valence-corrected chi connectivity index (χ0v) is 9.82. The van der Waals surface area contributed by atoms with Crippen molar-refractivity contribution in [2.75, 3.05) is 0 Å². The number of benzene rings is 1. The van der Waals surface area contributed by atoms with Crippen molar-refractivity contribution in [2.45, 2.75) is 32.9 Å². The van der Waals surface area contributed by atoms with Gasteiger partial charge in [-0.2, -0.15) is 0 Å². The predicted octanol–water partition coefficient (Wildman–Crippen LogP) is 1.93. The highest BCUT2D eigenvalue weighted by molar-refractivity contribution is 5.76. The third kappa shape index (κ3) is 1.65. The zero-order chi connectivity index (χ0) is 11.9. The molecule has 1 unspecified atom stereocenters. The number of hydrogen-bond acceptors (Lipinski definition) is 2. The van der Waals surface area contributed by atoms with Gasteiger partial charge in [0.1, 0.15) is 0 Å². The molecule has 16 heavy (non-hydrogen) atoms. The number of H-pyrrole nitrogens is 1. The first kappa shape index (κ1) is 11.0. The second-order valence-electron chi connectivity index (χ2n) is 4.46. The van der Waals surface area contributed by atoms with Gasteiger partial charge in [-0.25, -0.2) is 4.79 Å². The van der Waals surface area contributed by atoms with Crippen molar-refractivity contribution in [3.05, 3.63) is 34.2 Å². The van der Waals surface area contributed by atoms with E-state index in [1.807, 2.05) is 39.0 Å². The molecule has 1 atom stereocenters. The van der Waals surface area contributed by atoms with Crippen LogP contribution in [-0.4, -0.2) is 9.55 Å². The van der Waals surface area contributed by atoms with Crippen molar-refractivity contribution in [3.8, 4) is 0 Å². The van der Waals surface area contributed by atoms with Crippen LogP contribution in [0.4, 0.5) is 0 Å².